The zero-order valence-corrected chi connectivity index (χ0v) is 10.9. The summed E-state index contributed by atoms with van der Waals surface area (Å²) in [6.07, 6.45) is 0. The SMILES string of the molecule is Cc1cc(C)cc(NC(=S)NNC(=O)C(N)=O)c1. The molecular weight excluding hydrogens is 252 g/mol. The summed E-state index contributed by atoms with van der Waals surface area (Å²) in [5.74, 6) is -2.05. The van der Waals surface area contributed by atoms with Gasteiger partial charge in [0.15, 0.2) is 5.11 Å². The van der Waals surface area contributed by atoms with Gasteiger partial charge < -0.3 is 11.1 Å². The van der Waals surface area contributed by atoms with E-state index in [1.807, 2.05) is 32.0 Å². The molecule has 0 aliphatic heterocycles. The van der Waals surface area contributed by atoms with Crippen LogP contribution in [0.2, 0.25) is 0 Å². The Balaban J connectivity index is 2.54. The Hall–Kier alpha value is -2.15. The van der Waals surface area contributed by atoms with E-state index in [2.05, 4.69) is 16.2 Å². The summed E-state index contributed by atoms with van der Waals surface area (Å²) >= 11 is 4.94. The molecule has 1 rings (SSSR count). The minimum atomic E-state index is -1.09. The van der Waals surface area contributed by atoms with Gasteiger partial charge >= 0.3 is 11.8 Å². The molecule has 0 radical (unpaired) electrons. The van der Waals surface area contributed by atoms with Crippen molar-refractivity contribution in [2.45, 2.75) is 13.8 Å². The van der Waals surface area contributed by atoms with Crippen LogP contribution in [0.1, 0.15) is 11.1 Å². The van der Waals surface area contributed by atoms with Gasteiger partial charge in [0, 0.05) is 5.69 Å². The number of carbonyl (C=O) groups is 2. The van der Waals surface area contributed by atoms with Crippen LogP contribution in [0.5, 0.6) is 0 Å². The Morgan fingerprint density at radius 2 is 1.67 bits per heavy atom. The molecule has 96 valence electrons. The third-order valence-electron chi connectivity index (χ3n) is 1.99. The first-order chi connectivity index (χ1) is 8.38. The van der Waals surface area contributed by atoms with E-state index >= 15 is 0 Å². The normalized spacial score (nSPS) is 9.44. The number of aryl methyl sites for hydroxylation is 2. The maximum Gasteiger partial charge on any atom is 0.327 e. The number of rotatable bonds is 1. The molecule has 0 unspecified atom stereocenters. The van der Waals surface area contributed by atoms with E-state index in [0.29, 0.717) is 0 Å². The molecule has 1 aromatic carbocycles. The highest BCUT2D eigenvalue weighted by molar-refractivity contribution is 7.80. The van der Waals surface area contributed by atoms with Gasteiger partial charge in [-0.1, -0.05) is 6.07 Å². The number of nitrogens with two attached hydrogens (primary N) is 1. The number of hydrogen-bond acceptors (Lipinski definition) is 3. The Bertz CT molecular complexity index is 482. The smallest absolute Gasteiger partial charge is 0.327 e. The minimum Gasteiger partial charge on any atom is -0.361 e. The number of hydrogen-bond donors (Lipinski definition) is 4. The zero-order valence-electron chi connectivity index (χ0n) is 10.0. The second-order valence-electron chi connectivity index (χ2n) is 3.77. The van der Waals surface area contributed by atoms with Gasteiger partial charge in [0.1, 0.15) is 0 Å². The van der Waals surface area contributed by atoms with E-state index in [4.69, 9.17) is 18.0 Å². The molecule has 5 N–H and O–H groups in total. The van der Waals surface area contributed by atoms with Crippen LogP contribution in [0, 0.1) is 13.8 Å². The Morgan fingerprint density at radius 3 is 2.17 bits per heavy atom. The van der Waals surface area contributed by atoms with E-state index in [0.717, 1.165) is 16.8 Å². The number of anilines is 1. The third-order valence-corrected chi connectivity index (χ3v) is 2.20. The molecule has 2 amide bonds. The van der Waals surface area contributed by atoms with Crippen molar-refractivity contribution in [2.75, 3.05) is 5.32 Å². The lowest BCUT2D eigenvalue weighted by atomic mass is 10.1. The van der Waals surface area contributed by atoms with Crippen molar-refractivity contribution < 1.29 is 9.59 Å². The van der Waals surface area contributed by atoms with Crippen molar-refractivity contribution in [1.82, 2.24) is 10.9 Å². The summed E-state index contributed by atoms with van der Waals surface area (Å²) in [7, 11) is 0. The van der Waals surface area contributed by atoms with Crippen LogP contribution >= 0.6 is 12.2 Å². The summed E-state index contributed by atoms with van der Waals surface area (Å²) in [5.41, 5.74) is 12.2. The summed E-state index contributed by atoms with van der Waals surface area (Å²) in [6, 6.07) is 5.82. The standard InChI is InChI=1S/C11H14N4O2S/c1-6-3-7(2)5-8(4-6)13-11(18)15-14-10(17)9(12)16/h3-5H,1-2H3,(H2,12,16)(H,14,17)(H2,13,15,18). The van der Waals surface area contributed by atoms with Crippen LogP contribution in [-0.2, 0) is 9.59 Å². The molecule has 0 saturated heterocycles. The molecule has 7 heteroatoms. The molecule has 0 aliphatic rings. The predicted molar refractivity (Wildman–Crippen MR) is 72.6 cm³/mol. The molecule has 0 saturated carbocycles. The van der Waals surface area contributed by atoms with Gasteiger partial charge in [-0.25, -0.2) is 0 Å². The molecule has 0 aliphatic carbocycles. The quantitative estimate of drug-likeness (QED) is 0.328. The molecule has 0 bridgehead atoms. The Labute approximate surface area is 110 Å². The number of amides is 2. The molecule has 0 fully saturated rings. The molecule has 6 nitrogen and oxygen atoms in total. The zero-order chi connectivity index (χ0) is 13.7. The van der Waals surface area contributed by atoms with Crippen molar-refractivity contribution in [1.29, 1.82) is 0 Å². The van der Waals surface area contributed by atoms with Crippen LogP contribution in [0.15, 0.2) is 18.2 Å². The fraction of sp³-hybridized carbons (Fsp3) is 0.182. The van der Waals surface area contributed by atoms with Gasteiger partial charge in [0.05, 0.1) is 0 Å². The summed E-state index contributed by atoms with van der Waals surface area (Å²) < 4.78 is 0. The molecular formula is C11H14N4O2S. The van der Waals surface area contributed by atoms with Crippen LogP contribution in [0.4, 0.5) is 5.69 Å². The van der Waals surface area contributed by atoms with E-state index in [-0.39, 0.29) is 5.11 Å². The molecule has 1 aromatic rings. The lowest BCUT2D eigenvalue weighted by Gasteiger charge is -2.11. The topological polar surface area (TPSA) is 96.2 Å². The van der Waals surface area contributed by atoms with Crippen molar-refractivity contribution in [2.24, 2.45) is 5.73 Å². The monoisotopic (exact) mass is 266 g/mol. The maximum absolute atomic E-state index is 10.9. The number of hydrazine groups is 1. The summed E-state index contributed by atoms with van der Waals surface area (Å²) in [6.45, 7) is 3.92. The fourth-order valence-corrected chi connectivity index (χ4v) is 1.55. The fourth-order valence-electron chi connectivity index (χ4n) is 1.38. The Morgan fingerprint density at radius 1 is 1.11 bits per heavy atom. The van der Waals surface area contributed by atoms with Gasteiger partial charge in [-0.2, -0.15) is 0 Å². The first-order valence-corrected chi connectivity index (χ1v) is 5.54. The van der Waals surface area contributed by atoms with Crippen molar-refractivity contribution >= 4 is 34.8 Å². The highest BCUT2D eigenvalue weighted by atomic mass is 32.1. The largest absolute Gasteiger partial charge is 0.361 e. The average Bonchev–Trinajstić information content (AvgIpc) is 2.24. The van der Waals surface area contributed by atoms with Gasteiger partial charge in [0.25, 0.3) is 0 Å². The number of primary amides is 1. The average molecular weight is 266 g/mol. The highest BCUT2D eigenvalue weighted by Crippen LogP contribution is 2.13. The lowest BCUT2D eigenvalue weighted by Crippen LogP contribution is -2.48. The molecule has 18 heavy (non-hydrogen) atoms. The first kappa shape index (κ1) is 13.9. The number of thiocarbonyl (C=S) groups is 1. The van der Waals surface area contributed by atoms with Crippen LogP contribution < -0.4 is 21.9 Å². The second-order valence-corrected chi connectivity index (χ2v) is 4.18. The van der Waals surface area contributed by atoms with Crippen molar-refractivity contribution in [3.05, 3.63) is 29.3 Å². The highest BCUT2D eigenvalue weighted by Gasteiger charge is 2.07. The number of carbonyl (C=O) groups excluding carboxylic acids is 2. The third kappa shape index (κ3) is 4.38. The maximum atomic E-state index is 10.9. The summed E-state index contributed by atoms with van der Waals surface area (Å²) in [5, 5.41) is 3.03. The van der Waals surface area contributed by atoms with Crippen molar-refractivity contribution in [3.8, 4) is 0 Å². The van der Waals surface area contributed by atoms with E-state index in [1.54, 1.807) is 0 Å². The van der Waals surface area contributed by atoms with Gasteiger partial charge in [-0.05, 0) is 49.3 Å². The van der Waals surface area contributed by atoms with Crippen LogP contribution in [0.3, 0.4) is 0 Å². The summed E-state index contributed by atoms with van der Waals surface area (Å²) in [4.78, 5) is 21.3. The van der Waals surface area contributed by atoms with E-state index in [9.17, 15) is 9.59 Å². The van der Waals surface area contributed by atoms with Gasteiger partial charge in [-0.3, -0.25) is 20.4 Å². The van der Waals surface area contributed by atoms with E-state index in [1.165, 1.54) is 0 Å². The van der Waals surface area contributed by atoms with Crippen molar-refractivity contribution in [3.63, 3.8) is 0 Å². The number of nitrogens with one attached hydrogen (secondary N) is 3. The predicted octanol–water partition coefficient (Wildman–Crippen LogP) is 0.106. The van der Waals surface area contributed by atoms with Gasteiger partial charge in [-0.15, -0.1) is 0 Å². The number of benzene rings is 1. The lowest BCUT2D eigenvalue weighted by molar-refractivity contribution is -0.137. The molecule has 0 aromatic heterocycles. The van der Waals surface area contributed by atoms with Crippen LogP contribution in [0.25, 0.3) is 0 Å². The van der Waals surface area contributed by atoms with Crippen LogP contribution in [-0.4, -0.2) is 16.9 Å². The molecule has 0 atom stereocenters. The first-order valence-electron chi connectivity index (χ1n) is 5.13. The second kappa shape index (κ2) is 5.97. The Kier molecular flexibility index (Phi) is 4.61. The molecule has 0 spiro atoms. The van der Waals surface area contributed by atoms with E-state index < -0.39 is 11.8 Å². The van der Waals surface area contributed by atoms with Gasteiger partial charge in [0.2, 0.25) is 0 Å². The molecule has 0 heterocycles. The minimum absolute atomic E-state index is 0.162.